The minimum Gasteiger partial charge on any atom is -0.351 e. The van der Waals surface area contributed by atoms with E-state index in [9.17, 15) is 9.59 Å². The Morgan fingerprint density at radius 1 is 1.13 bits per heavy atom. The third kappa shape index (κ3) is 4.10. The molecular formula is C18H21N3O2. The van der Waals surface area contributed by atoms with Crippen LogP contribution in [0.2, 0.25) is 0 Å². The summed E-state index contributed by atoms with van der Waals surface area (Å²) in [6, 6.07) is 14.1. The summed E-state index contributed by atoms with van der Waals surface area (Å²) in [5.74, 6) is -0.119. The van der Waals surface area contributed by atoms with Crippen LogP contribution in [-0.4, -0.2) is 23.9 Å². The molecule has 0 aromatic heterocycles. The zero-order valence-corrected chi connectivity index (χ0v) is 13.5. The average molecular weight is 311 g/mol. The minimum absolute atomic E-state index is 0.0594. The molecule has 0 aliphatic heterocycles. The van der Waals surface area contributed by atoms with E-state index in [1.807, 2.05) is 38.1 Å². The number of carbonyl (C=O) groups excluding carboxylic acids is 2. The number of nitrogens with one attached hydrogen (secondary N) is 1. The van der Waals surface area contributed by atoms with Crippen molar-refractivity contribution in [2.45, 2.75) is 19.9 Å². The predicted octanol–water partition coefficient (Wildman–Crippen LogP) is 3.32. The molecule has 0 fully saturated rings. The molecule has 2 aromatic rings. The Morgan fingerprint density at radius 2 is 1.78 bits per heavy atom. The predicted molar refractivity (Wildman–Crippen MR) is 91.3 cm³/mol. The Labute approximate surface area is 136 Å². The fourth-order valence-electron chi connectivity index (χ4n) is 2.32. The van der Waals surface area contributed by atoms with Gasteiger partial charge in [-0.2, -0.15) is 0 Å². The number of amides is 3. The molecule has 0 heterocycles. The van der Waals surface area contributed by atoms with Crippen LogP contribution >= 0.6 is 0 Å². The van der Waals surface area contributed by atoms with E-state index in [2.05, 4.69) is 5.32 Å². The molecule has 1 unspecified atom stereocenters. The zero-order chi connectivity index (χ0) is 17.0. The number of rotatable bonds is 4. The van der Waals surface area contributed by atoms with Crippen LogP contribution in [0.4, 0.5) is 10.5 Å². The van der Waals surface area contributed by atoms with Gasteiger partial charge >= 0.3 is 6.03 Å². The Balaban J connectivity index is 2.18. The van der Waals surface area contributed by atoms with E-state index in [-0.39, 0.29) is 11.9 Å². The molecule has 1 atom stereocenters. The summed E-state index contributed by atoms with van der Waals surface area (Å²) in [5.41, 5.74) is 8.35. The molecule has 2 rings (SSSR count). The highest BCUT2D eigenvalue weighted by atomic mass is 16.2. The third-order valence-electron chi connectivity index (χ3n) is 3.84. The van der Waals surface area contributed by atoms with Gasteiger partial charge in [-0.05, 0) is 37.6 Å². The molecule has 3 amide bonds. The first-order chi connectivity index (χ1) is 10.9. The number of nitrogens with two attached hydrogens (primary N) is 1. The van der Waals surface area contributed by atoms with Crippen molar-refractivity contribution in [3.63, 3.8) is 0 Å². The van der Waals surface area contributed by atoms with Gasteiger partial charge < -0.3 is 16.0 Å². The average Bonchev–Trinajstić information content (AvgIpc) is 2.53. The van der Waals surface area contributed by atoms with Crippen molar-refractivity contribution in [1.82, 2.24) is 4.90 Å². The first-order valence-electron chi connectivity index (χ1n) is 7.38. The minimum atomic E-state index is -0.657. The van der Waals surface area contributed by atoms with Crippen molar-refractivity contribution in [2.24, 2.45) is 5.73 Å². The first-order valence-corrected chi connectivity index (χ1v) is 7.38. The smallest absolute Gasteiger partial charge is 0.316 e. The van der Waals surface area contributed by atoms with Gasteiger partial charge in [0.2, 0.25) is 0 Å². The maximum absolute atomic E-state index is 12.6. The second-order valence-electron chi connectivity index (χ2n) is 5.57. The number of aryl methyl sites for hydroxylation is 1. The van der Waals surface area contributed by atoms with Gasteiger partial charge in [-0.15, -0.1) is 0 Å². The van der Waals surface area contributed by atoms with Crippen LogP contribution in [0.25, 0.3) is 0 Å². The standard InChI is InChI=1S/C18H21N3O2/c1-12-7-9-14(10-8-12)13(2)21(3)17(22)15-5-4-6-16(11-15)20-18(19)23/h4-11,13H,1-3H3,(H3,19,20,23). The number of nitrogens with zero attached hydrogens (tertiary/aromatic N) is 1. The van der Waals surface area contributed by atoms with E-state index < -0.39 is 6.03 Å². The monoisotopic (exact) mass is 311 g/mol. The van der Waals surface area contributed by atoms with Gasteiger partial charge in [0.1, 0.15) is 0 Å². The quantitative estimate of drug-likeness (QED) is 0.909. The normalized spacial score (nSPS) is 11.6. The topological polar surface area (TPSA) is 75.4 Å². The number of anilines is 1. The molecule has 0 saturated carbocycles. The SMILES string of the molecule is Cc1ccc(C(C)N(C)C(=O)c2cccc(NC(N)=O)c2)cc1. The molecule has 0 aliphatic carbocycles. The molecule has 2 aromatic carbocycles. The summed E-state index contributed by atoms with van der Waals surface area (Å²) in [5, 5.41) is 2.47. The summed E-state index contributed by atoms with van der Waals surface area (Å²) in [6.45, 7) is 4.01. The molecule has 5 heteroatoms. The summed E-state index contributed by atoms with van der Waals surface area (Å²) < 4.78 is 0. The van der Waals surface area contributed by atoms with Crippen LogP contribution < -0.4 is 11.1 Å². The van der Waals surface area contributed by atoms with Gasteiger partial charge in [0.25, 0.3) is 5.91 Å². The molecule has 0 saturated heterocycles. The number of carbonyl (C=O) groups is 2. The summed E-state index contributed by atoms with van der Waals surface area (Å²) in [7, 11) is 1.76. The Bertz CT molecular complexity index is 710. The lowest BCUT2D eigenvalue weighted by Crippen LogP contribution is -2.29. The fourth-order valence-corrected chi connectivity index (χ4v) is 2.32. The lowest BCUT2D eigenvalue weighted by molar-refractivity contribution is 0.0742. The third-order valence-corrected chi connectivity index (χ3v) is 3.84. The molecule has 0 spiro atoms. The number of hydrogen-bond donors (Lipinski definition) is 2. The fraction of sp³-hybridized carbons (Fsp3) is 0.222. The molecule has 120 valence electrons. The lowest BCUT2D eigenvalue weighted by atomic mass is 10.0. The molecule has 3 N–H and O–H groups in total. The Kier molecular flexibility index (Phi) is 5.01. The van der Waals surface area contributed by atoms with Crippen LogP contribution in [0.3, 0.4) is 0 Å². The highest BCUT2D eigenvalue weighted by Crippen LogP contribution is 2.22. The van der Waals surface area contributed by atoms with E-state index in [1.54, 1.807) is 36.2 Å². The molecule has 23 heavy (non-hydrogen) atoms. The van der Waals surface area contributed by atoms with E-state index in [0.717, 1.165) is 5.56 Å². The summed E-state index contributed by atoms with van der Waals surface area (Å²) >= 11 is 0. The van der Waals surface area contributed by atoms with Gasteiger partial charge in [0.15, 0.2) is 0 Å². The van der Waals surface area contributed by atoms with Crippen LogP contribution in [0, 0.1) is 6.92 Å². The highest BCUT2D eigenvalue weighted by molar-refractivity contribution is 5.96. The lowest BCUT2D eigenvalue weighted by Gasteiger charge is -2.25. The van der Waals surface area contributed by atoms with Crippen molar-refractivity contribution in [3.8, 4) is 0 Å². The van der Waals surface area contributed by atoms with E-state index >= 15 is 0 Å². The summed E-state index contributed by atoms with van der Waals surface area (Å²) in [4.78, 5) is 25.2. The van der Waals surface area contributed by atoms with Crippen LogP contribution in [0.1, 0.15) is 34.5 Å². The second-order valence-corrected chi connectivity index (χ2v) is 5.57. The zero-order valence-electron chi connectivity index (χ0n) is 13.5. The van der Waals surface area contributed by atoms with Crippen LogP contribution in [0.5, 0.6) is 0 Å². The number of primary amides is 1. The van der Waals surface area contributed by atoms with Crippen molar-refractivity contribution in [3.05, 3.63) is 65.2 Å². The Morgan fingerprint density at radius 3 is 2.39 bits per heavy atom. The largest absolute Gasteiger partial charge is 0.351 e. The van der Waals surface area contributed by atoms with Gasteiger partial charge in [0.05, 0.1) is 6.04 Å². The van der Waals surface area contributed by atoms with Crippen molar-refractivity contribution >= 4 is 17.6 Å². The second kappa shape index (κ2) is 6.96. The highest BCUT2D eigenvalue weighted by Gasteiger charge is 2.19. The van der Waals surface area contributed by atoms with Crippen molar-refractivity contribution in [2.75, 3.05) is 12.4 Å². The molecule has 0 radical (unpaired) electrons. The van der Waals surface area contributed by atoms with Gasteiger partial charge in [-0.25, -0.2) is 4.79 Å². The maximum Gasteiger partial charge on any atom is 0.316 e. The summed E-state index contributed by atoms with van der Waals surface area (Å²) in [6.07, 6.45) is 0. The molecule has 0 bridgehead atoms. The number of hydrogen-bond acceptors (Lipinski definition) is 2. The van der Waals surface area contributed by atoms with E-state index in [0.29, 0.717) is 11.3 Å². The molecular weight excluding hydrogens is 290 g/mol. The van der Waals surface area contributed by atoms with E-state index in [4.69, 9.17) is 5.73 Å². The molecule has 5 nitrogen and oxygen atoms in total. The van der Waals surface area contributed by atoms with Crippen molar-refractivity contribution in [1.29, 1.82) is 0 Å². The van der Waals surface area contributed by atoms with E-state index in [1.165, 1.54) is 5.56 Å². The molecule has 0 aliphatic rings. The number of urea groups is 1. The maximum atomic E-state index is 12.6. The van der Waals surface area contributed by atoms with Gasteiger partial charge in [0, 0.05) is 18.3 Å². The van der Waals surface area contributed by atoms with Crippen LogP contribution in [-0.2, 0) is 0 Å². The first kappa shape index (κ1) is 16.5. The van der Waals surface area contributed by atoms with Crippen LogP contribution in [0.15, 0.2) is 48.5 Å². The Hall–Kier alpha value is -2.82. The van der Waals surface area contributed by atoms with Gasteiger partial charge in [-0.1, -0.05) is 35.9 Å². The van der Waals surface area contributed by atoms with Crippen molar-refractivity contribution < 1.29 is 9.59 Å². The number of benzene rings is 2. The van der Waals surface area contributed by atoms with Gasteiger partial charge in [-0.3, -0.25) is 4.79 Å².